The van der Waals surface area contributed by atoms with E-state index in [1.165, 1.54) is 0 Å². The number of anilines is 1. The highest BCUT2D eigenvalue weighted by Crippen LogP contribution is 2.24. The second kappa shape index (κ2) is 8.11. The fourth-order valence-electron chi connectivity index (χ4n) is 3.80. The van der Waals surface area contributed by atoms with Crippen LogP contribution < -0.4 is 5.32 Å². The maximum atomic E-state index is 12.9. The number of hydrogen-bond acceptors (Lipinski definition) is 4. The summed E-state index contributed by atoms with van der Waals surface area (Å²) < 4.78 is 3.62. The monoisotopic (exact) mass is 422 g/mol. The average Bonchev–Trinajstić information content (AvgIpc) is 3.43. The van der Waals surface area contributed by atoms with Crippen molar-refractivity contribution < 1.29 is 4.79 Å². The van der Waals surface area contributed by atoms with Gasteiger partial charge >= 0.3 is 0 Å². The quantitative estimate of drug-likeness (QED) is 0.440. The van der Waals surface area contributed by atoms with Crippen molar-refractivity contribution in [2.75, 3.05) is 5.32 Å². The number of aryl methyl sites for hydroxylation is 1. The molecule has 0 aliphatic heterocycles. The van der Waals surface area contributed by atoms with E-state index in [9.17, 15) is 4.79 Å². The number of nitrogens with one attached hydrogen (secondary N) is 1. The fourth-order valence-corrected chi connectivity index (χ4v) is 3.80. The lowest BCUT2D eigenvalue weighted by atomic mass is 10.1. The molecule has 3 aromatic heterocycles. The van der Waals surface area contributed by atoms with Gasteiger partial charge in [-0.05, 0) is 43.2 Å². The summed E-state index contributed by atoms with van der Waals surface area (Å²) in [7, 11) is 0. The minimum Gasteiger partial charge on any atom is -0.321 e. The zero-order valence-electron chi connectivity index (χ0n) is 17.9. The molecule has 0 fully saturated rings. The molecule has 0 unspecified atom stereocenters. The molecule has 0 aliphatic rings. The zero-order chi connectivity index (χ0) is 22.1. The van der Waals surface area contributed by atoms with Gasteiger partial charge in [-0.25, -0.2) is 9.50 Å². The summed E-state index contributed by atoms with van der Waals surface area (Å²) in [6, 6.07) is 21.4. The molecular weight excluding hydrogens is 400 g/mol. The number of aromatic nitrogens is 5. The number of fused-ring (bicyclic) bond motifs is 1. The summed E-state index contributed by atoms with van der Waals surface area (Å²) in [5.41, 5.74) is 6.69. The Bertz CT molecular complexity index is 1400. The van der Waals surface area contributed by atoms with E-state index in [2.05, 4.69) is 39.6 Å². The molecule has 32 heavy (non-hydrogen) atoms. The Labute approximate surface area is 185 Å². The van der Waals surface area contributed by atoms with Crippen molar-refractivity contribution in [1.82, 2.24) is 24.4 Å². The maximum Gasteiger partial charge on any atom is 0.276 e. The van der Waals surface area contributed by atoms with E-state index < -0.39 is 0 Å². The van der Waals surface area contributed by atoms with E-state index in [0.717, 1.165) is 34.6 Å². The molecule has 5 rings (SSSR count). The number of hydrogen-bond donors (Lipinski definition) is 1. The Morgan fingerprint density at radius 3 is 2.47 bits per heavy atom. The molecule has 7 heteroatoms. The Kier molecular flexibility index (Phi) is 4.99. The van der Waals surface area contributed by atoms with E-state index in [-0.39, 0.29) is 5.91 Å². The van der Waals surface area contributed by atoms with Crippen LogP contribution in [0.2, 0.25) is 0 Å². The molecule has 0 radical (unpaired) electrons. The van der Waals surface area contributed by atoms with Crippen LogP contribution in [0.4, 0.5) is 5.69 Å². The van der Waals surface area contributed by atoms with Gasteiger partial charge < -0.3 is 5.32 Å². The van der Waals surface area contributed by atoms with Crippen LogP contribution in [0.25, 0.3) is 28.0 Å². The minimum atomic E-state index is -0.283. The number of carbonyl (C=O) groups excluding carboxylic acids is 1. The van der Waals surface area contributed by atoms with Crippen molar-refractivity contribution in [3.63, 3.8) is 0 Å². The third-order valence-electron chi connectivity index (χ3n) is 5.52. The first kappa shape index (κ1) is 19.7. The van der Waals surface area contributed by atoms with Crippen LogP contribution in [0.1, 0.15) is 23.1 Å². The number of nitrogens with zero attached hydrogens (tertiary/aromatic N) is 5. The predicted octanol–water partition coefficient (Wildman–Crippen LogP) is 4.84. The first-order valence-corrected chi connectivity index (χ1v) is 10.5. The van der Waals surface area contributed by atoms with E-state index in [1.807, 2.05) is 66.3 Å². The number of benzene rings is 2. The third kappa shape index (κ3) is 3.54. The molecule has 2 aromatic carbocycles. The fraction of sp³-hybridized carbons (Fsp3) is 0.120. The Morgan fingerprint density at radius 1 is 1.00 bits per heavy atom. The molecule has 0 saturated carbocycles. The van der Waals surface area contributed by atoms with Crippen molar-refractivity contribution in [3.05, 3.63) is 90.5 Å². The van der Waals surface area contributed by atoms with Crippen LogP contribution in [-0.2, 0) is 6.54 Å². The van der Waals surface area contributed by atoms with Crippen molar-refractivity contribution in [3.8, 4) is 22.4 Å². The number of amides is 1. The van der Waals surface area contributed by atoms with Gasteiger partial charge in [0, 0.05) is 35.8 Å². The first-order chi connectivity index (χ1) is 15.6. The highest BCUT2D eigenvalue weighted by molar-refractivity contribution is 6.03. The topological polar surface area (TPSA) is 77.1 Å². The van der Waals surface area contributed by atoms with Crippen LogP contribution in [0, 0.1) is 6.92 Å². The summed E-state index contributed by atoms with van der Waals surface area (Å²) in [5.74, 6) is -0.283. The van der Waals surface area contributed by atoms with Gasteiger partial charge in [0.25, 0.3) is 5.91 Å². The molecule has 0 atom stereocenters. The van der Waals surface area contributed by atoms with Crippen molar-refractivity contribution in [2.45, 2.75) is 20.4 Å². The SMILES string of the molecule is CCn1ncc(-c2ccnc3cc(C(=O)Nc4ccc(-c5ccccc5)cc4)nn23)c1C. The van der Waals surface area contributed by atoms with Crippen molar-refractivity contribution in [1.29, 1.82) is 0 Å². The van der Waals surface area contributed by atoms with Gasteiger partial charge in [0.05, 0.1) is 11.9 Å². The van der Waals surface area contributed by atoms with Gasteiger partial charge in [0.15, 0.2) is 11.3 Å². The van der Waals surface area contributed by atoms with Gasteiger partial charge in [-0.3, -0.25) is 9.48 Å². The molecule has 0 aliphatic carbocycles. The average molecular weight is 422 g/mol. The highest BCUT2D eigenvalue weighted by Gasteiger charge is 2.17. The molecule has 158 valence electrons. The molecule has 1 amide bonds. The first-order valence-electron chi connectivity index (χ1n) is 10.5. The lowest BCUT2D eigenvalue weighted by Crippen LogP contribution is -2.12. The molecule has 0 bridgehead atoms. The highest BCUT2D eigenvalue weighted by atomic mass is 16.1. The van der Waals surface area contributed by atoms with Gasteiger partial charge in [0.2, 0.25) is 0 Å². The summed E-state index contributed by atoms with van der Waals surface area (Å²) >= 11 is 0. The minimum absolute atomic E-state index is 0.283. The molecule has 5 aromatic rings. The molecule has 0 saturated heterocycles. The van der Waals surface area contributed by atoms with E-state index >= 15 is 0 Å². The van der Waals surface area contributed by atoms with Crippen LogP contribution in [-0.4, -0.2) is 30.3 Å². The van der Waals surface area contributed by atoms with Gasteiger partial charge in [-0.15, -0.1) is 0 Å². The predicted molar refractivity (Wildman–Crippen MR) is 124 cm³/mol. The van der Waals surface area contributed by atoms with Crippen LogP contribution in [0.3, 0.4) is 0 Å². The Hall–Kier alpha value is -4.26. The smallest absolute Gasteiger partial charge is 0.276 e. The van der Waals surface area contributed by atoms with Crippen LogP contribution in [0.5, 0.6) is 0 Å². The van der Waals surface area contributed by atoms with Crippen LogP contribution in [0.15, 0.2) is 79.1 Å². The second-order valence-electron chi connectivity index (χ2n) is 7.49. The molecule has 3 heterocycles. The lowest BCUT2D eigenvalue weighted by molar-refractivity contribution is 0.102. The lowest BCUT2D eigenvalue weighted by Gasteiger charge is -2.06. The summed E-state index contributed by atoms with van der Waals surface area (Å²) in [6.45, 7) is 4.86. The van der Waals surface area contributed by atoms with Gasteiger partial charge in [-0.1, -0.05) is 42.5 Å². The summed E-state index contributed by atoms with van der Waals surface area (Å²) in [6.07, 6.45) is 3.54. The van der Waals surface area contributed by atoms with E-state index in [4.69, 9.17) is 0 Å². The Morgan fingerprint density at radius 2 is 1.75 bits per heavy atom. The molecule has 0 spiro atoms. The summed E-state index contributed by atoms with van der Waals surface area (Å²) in [5, 5.41) is 11.9. The maximum absolute atomic E-state index is 12.9. The van der Waals surface area contributed by atoms with Gasteiger partial charge in [0.1, 0.15) is 0 Å². The molecular formula is C25H22N6O. The van der Waals surface area contributed by atoms with Crippen molar-refractivity contribution >= 4 is 17.2 Å². The molecule has 1 N–H and O–H groups in total. The third-order valence-corrected chi connectivity index (χ3v) is 5.52. The Balaban J connectivity index is 1.41. The summed E-state index contributed by atoms with van der Waals surface area (Å²) in [4.78, 5) is 17.2. The number of carbonyl (C=O) groups is 1. The number of rotatable bonds is 5. The largest absolute Gasteiger partial charge is 0.321 e. The normalized spacial score (nSPS) is 11.1. The zero-order valence-corrected chi connectivity index (χ0v) is 17.9. The van der Waals surface area contributed by atoms with E-state index in [0.29, 0.717) is 17.0 Å². The molecule has 7 nitrogen and oxygen atoms in total. The van der Waals surface area contributed by atoms with Crippen molar-refractivity contribution in [2.24, 2.45) is 0 Å². The standard InChI is InChI=1S/C25H22N6O/c1-3-30-17(2)21(16-27-30)23-13-14-26-24-15-22(29-31(23)24)25(32)28-20-11-9-19(10-12-20)18-7-5-4-6-8-18/h4-16H,3H2,1-2H3,(H,28,32). The van der Waals surface area contributed by atoms with Gasteiger partial charge in [-0.2, -0.15) is 10.2 Å². The van der Waals surface area contributed by atoms with E-state index in [1.54, 1.807) is 16.8 Å². The van der Waals surface area contributed by atoms with Crippen LogP contribution >= 0.6 is 0 Å². The second-order valence-corrected chi connectivity index (χ2v) is 7.49.